The Labute approximate surface area is 177 Å². The molecule has 9 nitrogen and oxygen atoms in total. The van der Waals surface area contributed by atoms with Crippen molar-refractivity contribution in [3.8, 4) is 10.6 Å². The van der Waals surface area contributed by atoms with Gasteiger partial charge in [0.15, 0.2) is 5.58 Å². The van der Waals surface area contributed by atoms with E-state index in [0.717, 1.165) is 16.2 Å². The van der Waals surface area contributed by atoms with Gasteiger partial charge in [0.05, 0.1) is 27.2 Å². The maximum absolute atomic E-state index is 12.2. The van der Waals surface area contributed by atoms with Gasteiger partial charge in [-0.05, 0) is 12.1 Å². The van der Waals surface area contributed by atoms with Crippen LogP contribution in [0.25, 0.3) is 21.7 Å². The number of halogens is 1. The predicted molar refractivity (Wildman–Crippen MR) is 109 cm³/mol. The lowest BCUT2D eigenvalue weighted by Crippen LogP contribution is -2.21. The summed E-state index contributed by atoms with van der Waals surface area (Å²) in [6, 6.07) is 11.0. The van der Waals surface area contributed by atoms with Crippen molar-refractivity contribution in [2.24, 2.45) is 0 Å². The molecule has 2 heterocycles. The number of rotatable bonds is 6. The van der Waals surface area contributed by atoms with E-state index in [1.165, 1.54) is 23.5 Å². The number of hydrogen-bond donors (Lipinski definition) is 0. The summed E-state index contributed by atoms with van der Waals surface area (Å²) < 4.78 is 11.3. The van der Waals surface area contributed by atoms with E-state index in [4.69, 9.17) is 20.8 Å². The fourth-order valence-electron chi connectivity index (χ4n) is 2.78. The first-order valence-electron chi connectivity index (χ1n) is 8.55. The van der Waals surface area contributed by atoms with Gasteiger partial charge in [-0.25, -0.2) is 9.78 Å². The Morgan fingerprint density at radius 3 is 2.87 bits per heavy atom. The van der Waals surface area contributed by atoms with E-state index < -0.39 is 23.2 Å². The zero-order valence-electron chi connectivity index (χ0n) is 15.1. The number of carbonyl (C=O) groups excluding carboxylic acids is 1. The molecule has 2 aromatic heterocycles. The SMILES string of the molecule is O=C(Cn1c(=O)oc2cc([N+](=O)[O-])ccc21)OCc1csc(-c2ccccc2Cl)n1. The molecular formula is C19H12ClN3O6S. The van der Waals surface area contributed by atoms with Gasteiger partial charge in [0.1, 0.15) is 18.2 Å². The lowest BCUT2D eigenvalue weighted by Gasteiger charge is -2.04. The van der Waals surface area contributed by atoms with Crippen LogP contribution in [0.2, 0.25) is 5.02 Å². The number of aromatic nitrogens is 2. The van der Waals surface area contributed by atoms with Crippen LogP contribution in [0.5, 0.6) is 0 Å². The van der Waals surface area contributed by atoms with Gasteiger partial charge in [-0.2, -0.15) is 0 Å². The highest BCUT2D eigenvalue weighted by Gasteiger charge is 2.17. The summed E-state index contributed by atoms with van der Waals surface area (Å²) in [4.78, 5) is 38.9. The van der Waals surface area contributed by atoms with Gasteiger partial charge in [-0.15, -0.1) is 11.3 Å². The van der Waals surface area contributed by atoms with Gasteiger partial charge in [0, 0.05) is 17.0 Å². The number of carbonyl (C=O) groups is 1. The van der Waals surface area contributed by atoms with Crippen LogP contribution < -0.4 is 5.76 Å². The number of esters is 1. The lowest BCUT2D eigenvalue weighted by molar-refractivity contribution is -0.384. The molecule has 4 aromatic rings. The van der Waals surface area contributed by atoms with Gasteiger partial charge in [-0.1, -0.05) is 29.8 Å². The number of nitro groups is 1. The Morgan fingerprint density at radius 2 is 2.10 bits per heavy atom. The highest BCUT2D eigenvalue weighted by molar-refractivity contribution is 7.13. The third-order valence-corrected chi connectivity index (χ3v) is 5.44. The highest BCUT2D eigenvalue weighted by atomic mass is 35.5. The van der Waals surface area contributed by atoms with Gasteiger partial charge in [-0.3, -0.25) is 19.5 Å². The summed E-state index contributed by atoms with van der Waals surface area (Å²) >= 11 is 7.54. The molecule has 0 aliphatic carbocycles. The second-order valence-corrected chi connectivity index (χ2v) is 7.41. The molecule has 11 heteroatoms. The molecule has 0 radical (unpaired) electrons. The highest BCUT2D eigenvalue weighted by Crippen LogP contribution is 2.30. The summed E-state index contributed by atoms with van der Waals surface area (Å²) in [5.41, 5.74) is 1.39. The Morgan fingerprint density at radius 1 is 1.30 bits per heavy atom. The van der Waals surface area contributed by atoms with E-state index in [1.807, 2.05) is 18.2 Å². The normalized spacial score (nSPS) is 11.0. The van der Waals surface area contributed by atoms with E-state index in [2.05, 4.69) is 4.98 Å². The lowest BCUT2D eigenvalue weighted by atomic mass is 10.2. The molecule has 0 saturated heterocycles. The number of oxazole rings is 1. The number of nitrogens with zero attached hydrogens (tertiary/aromatic N) is 3. The van der Waals surface area contributed by atoms with Crippen molar-refractivity contribution < 1.29 is 18.9 Å². The summed E-state index contributed by atoms with van der Waals surface area (Å²) in [6.45, 7) is -0.471. The van der Waals surface area contributed by atoms with E-state index in [9.17, 15) is 19.7 Å². The Bertz CT molecular complexity index is 1330. The quantitative estimate of drug-likeness (QED) is 0.250. The summed E-state index contributed by atoms with van der Waals surface area (Å²) in [5.74, 6) is -1.48. The predicted octanol–water partition coefficient (Wildman–Crippen LogP) is 4.02. The van der Waals surface area contributed by atoms with Gasteiger partial charge in [0.25, 0.3) is 5.69 Å². The number of benzene rings is 2. The molecule has 0 unspecified atom stereocenters. The Balaban J connectivity index is 1.45. The first-order chi connectivity index (χ1) is 14.4. The molecule has 0 spiro atoms. The number of ether oxygens (including phenoxy) is 1. The van der Waals surface area contributed by atoms with Crippen molar-refractivity contribution in [3.63, 3.8) is 0 Å². The first kappa shape index (κ1) is 19.8. The maximum atomic E-state index is 12.2. The fourth-order valence-corrected chi connectivity index (χ4v) is 3.90. The number of non-ortho nitro benzene ring substituents is 1. The van der Waals surface area contributed by atoms with Crippen molar-refractivity contribution in [1.82, 2.24) is 9.55 Å². The first-order valence-corrected chi connectivity index (χ1v) is 9.81. The topological polar surface area (TPSA) is 117 Å². The Hall–Kier alpha value is -3.50. The van der Waals surface area contributed by atoms with Gasteiger partial charge in [0.2, 0.25) is 0 Å². The maximum Gasteiger partial charge on any atom is 0.420 e. The second kappa shape index (κ2) is 8.09. The molecule has 0 aliphatic heterocycles. The van der Waals surface area contributed by atoms with E-state index >= 15 is 0 Å². The monoisotopic (exact) mass is 445 g/mol. The zero-order valence-corrected chi connectivity index (χ0v) is 16.7. The molecule has 2 aromatic carbocycles. The summed E-state index contributed by atoms with van der Waals surface area (Å²) in [7, 11) is 0. The number of nitro benzene ring substituents is 1. The molecule has 0 saturated carbocycles. The summed E-state index contributed by atoms with van der Waals surface area (Å²) in [5, 5.41) is 13.9. The zero-order chi connectivity index (χ0) is 21.3. The molecule has 0 aliphatic rings. The van der Waals surface area contributed by atoms with Crippen LogP contribution in [0.1, 0.15) is 5.69 Å². The van der Waals surface area contributed by atoms with E-state index in [0.29, 0.717) is 15.7 Å². The van der Waals surface area contributed by atoms with Crippen molar-refractivity contribution >= 4 is 45.7 Å². The molecular weight excluding hydrogens is 434 g/mol. The fraction of sp³-hybridized carbons (Fsp3) is 0.105. The minimum Gasteiger partial charge on any atom is -0.458 e. The largest absolute Gasteiger partial charge is 0.458 e. The van der Waals surface area contributed by atoms with Crippen LogP contribution in [0.15, 0.2) is 57.1 Å². The molecule has 30 heavy (non-hydrogen) atoms. The minimum absolute atomic E-state index is 0.0193. The Kier molecular flexibility index (Phi) is 5.34. The van der Waals surface area contributed by atoms with Crippen molar-refractivity contribution in [2.75, 3.05) is 0 Å². The third kappa shape index (κ3) is 3.95. The second-order valence-electron chi connectivity index (χ2n) is 6.15. The van der Waals surface area contributed by atoms with Crippen molar-refractivity contribution in [3.05, 3.63) is 79.2 Å². The number of hydrogen-bond acceptors (Lipinski definition) is 8. The van der Waals surface area contributed by atoms with E-state index in [-0.39, 0.29) is 23.4 Å². The van der Waals surface area contributed by atoms with Gasteiger partial charge < -0.3 is 9.15 Å². The van der Waals surface area contributed by atoms with Crippen LogP contribution >= 0.6 is 22.9 Å². The van der Waals surface area contributed by atoms with Crippen molar-refractivity contribution in [1.29, 1.82) is 0 Å². The standard InChI is InChI=1S/C19H12ClN3O6S/c20-14-4-2-1-3-13(14)18-21-11(10-30-18)9-28-17(24)8-22-15-6-5-12(23(26)27)7-16(15)29-19(22)25/h1-7,10H,8-9H2. The third-order valence-electron chi connectivity index (χ3n) is 4.19. The average Bonchev–Trinajstić information content (AvgIpc) is 3.31. The molecule has 0 N–H and O–H groups in total. The van der Waals surface area contributed by atoms with Crippen LogP contribution in [0.3, 0.4) is 0 Å². The molecule has 0 atom stereocenters. The van der Waals surface area contributed by atoms with Crippen LogP contribution in [-0.4, -0.2) is 20.4 Å². The van der Waals surface area contributed by atoms with Crippen LogP contribution in [-0.2, 0) is 22.7 Å². The van der Waals surface area contributed by atoms with Crippen LogP contribution in [0.4, 0.5) is 5.69 Å². The van der Waals surface area contributed by atoms with E-state index in [1.54, 1.807) is 11.4 Å². The molecule has 4 rings (SSSR count). The van der Waals surface area contributed by atoms with Crippen molar-refractivity contribution in [2.45, 2.75) is 13.2 Å². The number of fused-ring (bicyclic) bond motifs is 1. The molecule has 152 valence electrons. The summed E-state index contributed by atoms with van der Waals surface area (Å²) in [6.07, 6.45) is 0. The molecule has 0 bridgehead atoms. The van der Waals surface area contributed by atoms with Gasteiger partial charge >= 0.3 is 11.7 Å². The van der Waals surface area contributed by atoms with Crippen LogP contribution in [0, 0.1) is 10.1 Å². The smallest absolute Gasteiger partial charge is 0.420 e. The average molecular weight is 446 g/mol. The molecule has 0 fully saturated rings. The minimum atomic E-state index is -0.808. The number of thiazole rings is 1. The molecule has 0 amide bonds.